The summed E-state index contributed by atoms with van der Waals surface area (Å²) in [7, 11) is 1.66. The van der Waals surface area contributed by atoms with Crippen LogP contribution in [0.2, 0.25) is 0 Å². The van der Waals surface area contributed by atoms with Crippen molar-refractivity contribution in [3.8, 4) is 0 Å². The summed E-state index contributed by atoms with van der Waals surface area (Å²) >= 11 is 0. The first-order chi connectivity index (χ1) is 5.12. The van der Waals surface area contributed by atoms with Crippen molar-refractivity contribution in [3.63, 3.8) is 0 Å². The molecule has 1 aliphatic rings. The van der Waals surface area contributed by atoms with Gasteiger partial charge in [0.2, 0.25) is 0 Å². The summed E-state index contributed by atoms with van der Waals surface area (Å²) in [5.74, 6) is 0. The second kappa shape index (κ2) is 3.09. The molecule has 1 N–H and O–H groups in total. The summed E-state index contributed by atoms with van der Waals surface area (Å²) in [6.45, 7) is 4.00. The minimum Gasteiger partial charge on any atom is -0.394 e. The van der Waals surface area contributed by atoms with Crippen LogP contribution in [0.1, 0.15) is 20.3 Å². The van der Waals surface area contributed by atoms with E-state index in [9.17, 15) is 0 Å². The Kier molecular flexibility index (Phi) is 2.52. The molecule has 3 heteroatoms. The van der Waals surface area contributed by atoms with Gasteiger partial charge in [0.25, 0.3) is 0 Å². The fraction of sp³-hybridized carbons (Fsp3) is 1.00. The number of aliphatic hydroxyl groups excluding tert-OH is 1. The maximum Gasteiger partial charge on any atom is 0.110 e. The van der Waals surface area contributed by atoms with Crippen molar-refractivity contribution >= 4 is 0 Å². The third-order valence-electron chi connectivity index (χ3n) is 2.40. The highest BCUT2D eigenvalue weighted by atomic mass is 16.6. The van der Waals surface area contributed by atoms with E-state index in [4.69, 9.17) is 14.6 Å². The molecular formula is C8H16O3. The lowest BCUT2D eigenvalue weighted by molar-refractivity contribution is -0.0809. The molecule has 0 radical (unpaired) electrons. The quantitative estimate of drug-likeness (QED) is 0.641. The molecule has 0 aromatic rings. The van der Waals surface area contributed by atoms with Gasteiger partial charge in [0.1, 0.15) is 6.10 Å². The molecule has 1 heterocycles. The number of methoxy groups -OCH3 is 1. The fourth-order valence-electron chi connectivity index (χ4n) is 1.63. The van der Waals surface area contributed by atoms with E-state index in [0.717, 1.165) is 6.42 Å². The molecule has 1 fully saturated rings. The standard InChI is InChI=1S/C8H16O3/c1-6-4-8(2,10-3)7(5-9)11-6/h6-7,9H,4-5H2,1-3H3/t6?,7-,8-/m1/s1. The van der Waals surface area contributed by atoms with Crippen LogP contribution in [-0.2, 0) is 9.47 Å². The Labute approximate surface area is 67.3 Å². The van der Waals surface area contributed by atoms with Gasteiger partial charge in [0.15, 0.2) is 0 Å². The number of aliphatic hydroxyl groups is 1. The predicted molar refractivity (Wildman–Crippen MR) is 41.5 cm³/mol. The molecule has 0 bridgehead atoms. The Bertz CT molecular complexity index is 137. The van der Waals surface area contributed by atoms with Gasteiger partial charge < -0.3 is 14.6 Å². The molecule has 1 aliphatic heterocycles. The molecule has 66 valence electrons. The summed E-state index contributed by atoms with van der Waals surface area (Å²) in [5, 5.41) is 8.95. The molecule has 3 nitrogen and oxygen atoms in total. The van der Waals surface area contributed by atoms with Gasteiger partial charge in [-0.05, 0) is 13.8 Å². The van der Waals surface area contributed by atoms with Crippen molar-refractivity contribution in [1.29, 1.82) is 0 Å². The first kappa shape index (κ1) is 8.97. The van der Waals surface area contributed by atoms with E-state index in [-0.39, 0.29) is 24.4 Å². The van der Waals surface area contributed by atoms with Crippen molar-refractivity contribution in [2.45, 2.75) is 38.1 Å². The van der Waals surface area contributed by atoms with Gasteiger partial charge in [-0.25, -0.2) is 0 Å². The Morgan fingerprint density at radius 1 is 1.73 bits per heavy atom. The monoisotopic (exact) mass is 160 g/mol. The Morgan fingerprint density at radius 3 is 2.73 bits per heavy atom. The van der Waals surface area contributed by atoms with Crippen LogP contribution in [0.25, 0.3) is 0 Å². The second-order valence-electron chi connectivity index (χ2n) is 3.34. The van der Waals surface area contributed by atoms with E-state index in [1.54, 1.807) is 7.11 Å². The Hall–Kier alpha value is -0.120. The maximum atomic E-state index is 8.95. The van der Waals surface area contributed by atoms with Crippen LogP contribution in [0.5, 0.6) is 0 Å². The Balaban J connectivity index is 2.63. The molecule has 1 saturated heterocycles. The van der Waals surface area contributed by atoms with Gasteiger partial charge in [-0.1, -0.05) is 0 Å². The van der Waals surface area contributed by atoms with Crippen molar-refractivity contribution in [2.75, 3.05) is 13.7 Å². The molecule has 0 aliphatic carbocycles. The molecule has 1 rings (SSSR count). The predicted octanol–water partition coefficient (Wildman–Crippen LogP) is 0.561. The van der Waals surface area contributed by atoms with Crippen LogP contribution in [0.15, 0.2) is 0 Å². The molecule has 0 aromatic heterocycles. The van der Waals surface area contributed by atoms with Gasteiger partial charge >= 0.3 is 0 Å². The van der Waals surface area contributed by atoms with Crippen molar-refractivity contribution < 1.29 is 14.6 Å². The topological polar surface area (TPSA) is 38.7 Å². The molecule has 0 spiro atoms. The third-order valence-corrected chi connectivity index (χ3v) is 2.40. The molecule has 0 saturated carbocycles. The van der Waals surface area contributed by atoms with E-state index >= 15 is 0 Å². The van der Waals surface area contributed by atoms with Crippen LogP contribution >= 0.6 is 0 Å². The molecule has 1 unspecified atom stereocenters. The maximum absolute atomic E-state index is 8.95. The van der Waals surface area contributed by atoms with Crippen LogP contribution in [0.3, 0.4) is 0 Å². The highest BCUT2D eigenvalue weighted by Gasteiger charge is 2.43. The number of hydrogen-bond acceptors (Lipinski definition) is 3. The SMILES string of the molecule is CO[C@]1(C)CC(C)O[C@@H]1CO. The zero-order valence-electron chi connectivity index (χ0n) is 7.33. The first-order valence-electron chi connectivity index (χ1n) is 3.94. The van der Waals surface area contributed by atoms with Gasteiger partial charge in [-0.15, -0.1) is 0 Å². The first-order valence-corrected chi connectivity index (χ1v) is 3.94. The average Bonchev–Trinajstić information content (AvgIpc) is 2.27. The Morgan fingerprint density at radius 2 is 2.36 bits per heavy atom. The zero-order chi connectivity index (χ0) is 8.48. The van der Waals surface area contributed by atoms with Gasteiger partial charge in [0, 0.05) is 13.5 Å². The van der Waals surface area contributed by atoms with Gasteiger partial charge in [-0.2, -0.15) is 0 Å². The zero-order valence-corrected chi connectivity index (χ0v) is 7.33. The van der Waals surface area contributed by atoms with Crippen LogP contribution in [0, 0.1) is 0 Å². The highest BCUT2D eigenvalue weighted by molar-refractivity contribution is 4.92. The van der Waals surface area contributed by atoms with Gasteiger partial charge in [0.05, 0.1) is 18.3 Å². The summed E-state index contributed by atoms with van der Waals surface area (Å²) < 4.78 is 10.7. The fourth-order valence-corrected chi connectivity index (χ4v) is 1.63. The lowest BCUT2D eigenvalue weighted by Gasteiger charge is -2.26. The van der Waals surface area contributed by atoms with Crippen LogP contribution < -0.4 is 0 Å². The van der Waals surface area contributed by atoms with Crippen molar-refractivity contribution in [3.05, 3.63) is 0 Å². The molecule has 11 heavy (non-hydrogen) atoms. The minimum atomic E-state index is -0.297. The molecule has 0 aromatic carbocycles. The van der Waals surface area contributed by atoms with Gasteiger partial charge in [-0.3, -0.25) is 0 Å². The highest BCUT2D eigenvalue weighted by Crippen LogP contribution is 2.32. The summed E-state index contributed by atoms with van der Waals surface area (Å²) in [6.07, 6.45) is 0.883. The third kappa shape index (κ3) is 1.55. The van der Waals surface area contributed by atoms with Crippen LogP contribution in [0.4, 0.5) is 0 Å². The van der Waals surface area contributed by atoms with E-state index in [2.05, 4.69) is 0 Å². The molecule has 3 atom stereocenters. The second-order valence-corrected chi connectivity index (χ2v) is 3.34. The summed E-state index contributed by atoms with van der Waals surface area (Å²) in [5.41, 5.74) is -0.297. The van der Waals surface area contributed by atoms with Crippen LogP contribution in [-0.4, -0.2) is 36.6 Å². The van der Waals surface area contributed by atoms with Crippen molar-refractivity contribution in [1.82, 2.24) is 0 Å². The summed E-state index contributed by atoms with van der Waals surface area (Å²) in [6, 6.07) is 0. The van der Waals surface area contributed by atoms with E-state index in [1.165, 1.54) is 0 Å². The lowest BCUT2D eigenvalue weighted by atomic mass is 9.96. The average molecular weight is 160 g/mol. The summed E-state index contributed by atoms with van der Waals surface area (Å²) in [4.78, 5) is 0. The van der Waals surface area contributed by atoms with E-state index < -0.39 is 0 Å². The normalized spacial score (nSPS) is 44.7. The smallest absolute Gasteiger partial charge is 0.110 e. The largest absolute Gasteiger partial charge is 0.394 e. The van der Waals surface area contributed by atoms with E-state index in [0.29, 0.717) is 0 Å². The number of rotatable bonds is 2. The molecular weight excluding hydrogens is 144 g/mol. The van der Waals surface area contributed by atoms with E-state index in [1.807, 2.05) is 13.8 Å². The lowest BCUT2D eigenvalue weighted by Crippen LogP contribution is -2.39. The number of ether oxygens (including phenoxy) is 2. The van der Waals surface area contributed by atoms with Crippen molar-refractivity contribution in [2.24, 2.45) is 0 Å². The molecule has 0 amide bonds. The minimum absolute atomic E-state index is 0.0364. The number of hydrogen-bond donors (Lipinski definition) is 1.